The minimum absolute atomic E-state index is 0.773. The van der Waals surface area contributed by atoms with Crippen LogP contribution >= 0.6 is 0 Å². The molecular formula is C16H23N. The van der Waals surface area contributed by atoms with Gasteiger partial charge in [-0.1, -0.05) is 56.3 Å². The van der Waals surface area contributed by atoms with Gasteiger partial charge in [-0.05, 0) is 42.1 Å². The van der Waals surface area contributed by atoms with Crippen molar-refractivity contribution < 1.29 is 0 Å². The van der Waals surface area contributed by atoms with Crippen molar-refractivity contribution in [2.24, 2.45) is 11.7 Å². The summed E-state index contributed by atoms with van der Waals surface area (Å²) in [7, 11) is 0. The van der Waals surface area contributed by atoms with E-state index in [1.807, 2.05) is 0 Å². The Morgan fingerprint density at radius 1 is 1.00 bits per heavy atom. The smallest absolute Gasteiger partial charge is 0.00748 e. The lowest BCUT2D eigenvalue weighted by molar-refractivity contribution is 0.596. The minimum Gasteiger partial charge on any atom is -0.330 e. The molecule has 0 saturated heterocycles. The molecule has 0 atom stereocenters. The van der Waals surface area contributed by atoms with Crippen molar-refractivity contribution in [2.45, 2.75) is 27.2 Å². The molecule has 1 nitrogen and oxygen atoms in total. The van der Waals surface area contributed by atoms with Gasteiger partial charge >= 0.3 is 0 Å². The van der Waals surface area contributed by atoms with Crippen molar-refractivity contribution in [3.8, 4) is 0 Å². The second kappa shape index (κ2) is 7.08. The highest BCUT2D eigenvalue weighted by molar-refractivity contribution is 5.85. The average Bonchev–Trinajstić information content (AvgIpc) is 2.30. The van der Waals surface area contributed by atoms with Gasteiger partial charge in [-0.25, -0.2) is 0 Å². The van der Waals surface area contributed by atoms with Crippen molar-refractivity contribution in [2.75, 3.05) is 6.54 Å². The van der Waals surface area contributed by atoms with Crippen molar-refractivity contribution in [1.82, 2.24) is 0 Å². The van der Waals surface area contributed by atoms with E-state index < -0.39 is 0 Å². The first-order valence-corrected chi connectivity index (χ1v) is 6.29. The number of fused-ring (bicyclic) bond motifs is 1. The molecule has 0 bridgehead atoms. The van der Waals surface area contributed by atoms with Crippen LogP contribution in [-0.2, 0) is 0 Å². The number of hydrogen-bond acceptors (Lipinski definition) is 1. The molecule has 0 spiro atoms. The van der Waals surface area contributed by atoms with Crippen LogP contribution in [0.1, 0.15) is 25.8 Å². The highest BCUT2D eigenvalue weighted by Crippen LogP contribution is 2.16. The van der Waals surface area contributed by atoms with Crippen molar-refractivity contribution >= 4 is 10.8 Å². The Morgan fingerprint density at radius 2 is 1.65 bits per heavy atom. The fourth-order valence-electron chi connectivity index (χ4n) is 1.72. The molecule has 2 rings (SSSR count). The van der Waals surface area contributed by atoms with Gasteiger partial charge in [-0.3, -0.25) is 0 Å². The van der Waals surface area contributed by atoms with Crippen LogP contribution in [-0.4, -0.2) is 6.54 Å². The third-order valence-electron chi connectivity index (χ3n) is 2.75. The summed E-state index contributed by atoms with van der Waals surface area (Å²) in [4.78, 5) is 0. The van der Waals surface area contributed by atoms with E-state index in [0.717, 1.165) is 18.9 Å². The Balaban J connectivity index is 0.000000209. The molecule has 2 N–H and O–H groups in total. The molecule has 0 aliphatic heterocycles. The largest absolute Gasteiger partial charge is 0.330 e. The van der Waals surface area contributed by atoms with Crippen molar-refractivity contribution in [1.29, 1.82) is 0 Å². The van der Waals surface area contributed by atoms with E-state index in [2.05, 4.69) is 63.2 Å². The fraction of sp³-hybridized carbons (Fsp3) is 0.375. The second-order valence-electron chi connectivity index (χ2n) is 4.77. The van der Waals surface area contributed by atoms with Gasteiger partial charge in [0, 0.05) is 0 Å². The zero-order valence-electron chi connectivity index (χ0n) is 11.1. The molecule has 0 radical (unpaired) electrons. The van der Waals surface area contributed by atoms with Crippen LogP contribution < -0.4 is 5.73 Å². The minimum atomic E-state index is 0.773. The quantitative estimate of drug-likeness (QED) is 0.823. The number of rotatable bonds is 2. The maximum absolute atomic E-state index is 5.23. The standard InChI is InChI=1S/C11H10.C5H13N/c1-9-5-4-7-10-6-2-3-8-11(9)10;1-5(2)3-4-6/h2-8H,1H3;5H,3-4,6H2,1-2H3. The first kappa shape index (κ1) is 13.7. The van der Waals surface area contributed by atoms with Gasteiger partial charge in [-0.2, -0.15) is 0 Å². The molecule has 0 heterocycles. The fourth-order valence-corrected chi connectivity index (χ4v) is 1.72. The summed E-state index contributed by atoms with van der Waals surface area (Å²) in [6, 6.07) is 14.8. The summed E-state index contributed by atoms with van der Waals surface area (Å²) in [6.45, 7) is 7.32. The van der Waals surface area contributed by atoms with Crippen molar-refractivity contribution in [3.05, 3.63) is 48.0 Å². The van der Waals surface area contributed by atoms with Crippen LogP contribution in [0.3, 0.4) is 0 Å². The molecule has 0 fully saturated rings. The lowest BCUT2D eigenvalue weighted by Gasteiger charge is -1.98. The maximum Gasteiger partial charge on any atom is -0.00748 e. The van der Waals surface area contributed by atoms with E-state index in [1.54, 1.807) is 0 Å². The van der Waals surface area contributed by atoms with Crippen LogP contribution in [0.4, 0.5) is 0 Å². The molecule has 2 aromatic rings. The molecule has 0 unspecified atom stereocenters. The summed E-state index contributed by atoms with van der Waals surface area (Å²) in [5.74, 6) is 0.773. The van der Waals surface area contributed by atoms with Crippen molar-refractivity contribution in [3.63, 3.8) is 0 Å². The summed E-state index contributed by atoms with van der Waals surface area (Å²) >= 11 is 0. The van der Waals surface area contributed by atoms with Crippen LogP contribution in [0.5, 0.6) is 0 Å². The van der Waals surface area contributed by atoms with Gasteiger partial charge in [0.05, 0.1) is 0 Å². The van der Waals surface area contributed by atoms with Gasteiger partial charge in [0.2, 0.25) is 0 Å². The molecule has 1 heteroatoms. The van der Waals surface area contributed by atoms with Crippen LogP contribution in [0.2, 0.25) is 0 Å². The molecule has 17 heavy (non-hydrogen) atoms. The van der Waals surface area contributed by atoms with Gasteiger partial charge in [0.15, 0.2) is 0 Å². The zero-order valence-corrected chi connectivity index (χ0v) is 11.1. The summed E-state index contributed by atoms with van der Waals surface area (Å²) < 4.78 is 0. The van der Waals surface area contributed by atoms with Crippen LogP contribution in [0.15, 0.2) is 42.5 Å². The van der Waals surface area contributed by atoms with E-state index in [-0.39, 0.29) is 0 Å². The van der Waals surface area contributed by atoms with E-state index in [9.17, 15) is 0 Å². The first-order valence-electron chi connectivity index (χ1n) is 6.29. The predicted octanol–water partition coefficient (Wildman–Crippen LogP) is 4.14. The number of nitrogens with two attached hydrogens (primary N) is 1. The Kier molecular flexibility index (Phi) is 5.71. The maximum atomic E-state index is 5.23. The molecule has 0 saturated carbocycles. The van der Waals surface area contributed by atoms with Gasteiger partial charge in [0.25, 0.3) is 0 Å². The molecule has 92 valence electrons. The molecular weight excluding hydrogens is 206 g/mol. The van der Waals surface area contributed by atoms with E-state index in [0.29, 0.717) is 0 Å². The monoisotopic (exact) mass is 229 g/mol. The summed E-state index contributed by atoms with van der Waals surface area (Å²) in [5.41, 5.74) is 6.58. The topological polar surface area (TPSA) is 26.0 Å². The summed E-state index contributed by atoms with van der Waals surface area (Å²) in [5, 5.41) is 2.68. The Morgan fingerprint density at radius 3 is 2.18 bits per heavy atom. The number of aryl methyl sites for hydroxylation is 1. The molecule has 2 aromatic carbocycles. The Labute approximate surface area is 105 Å². The summed E-state index contributed by atoms with van der Waals surface area (Å²) in [6.07, 6.45) is 1.15. The lowest BCUT2D eigenvalue weighted by atomic mass is 10.1. The highest BCUT2D eigenvalue weighted by atomic mass is 14.5. The van der Waals surface area contributed by atoms with E-state index in [1.165, 1.54) is 16.3 Å². The third-order valence-corrected chi connectivity index (χ3v) is 2.75. The van der Waals surface area contributed by atoms with Crippen LogP contribution in [0.25, 0.3) is 10.8 Å². The molecule has 0 aromatic heterocycles. The normalized spacial score (nSPS) is 10.2. The molecule has 0 amide bonds. The van der Waals surface area contributed by atoms with Crippen LogP contribution in [0, 0.1) is 12.8 Å². The number of hydrogen-bond donors (Lipinski definition) is 1. The predicted molar refractivity (Wildman–Crippen MR) is 77.2 cm³/mol. The second-order valence-corrected chi connectivity index (χ2v) is 4.77. The first-order chi connectivity index (χ1) is 8.15. The third kappa shape index (κ3) is 4.58. The lowest BCUT2D eigenvalue weighted by Crippen LogP contribution is -2.01. The van der Waals surface area contributed by atoms with Gasteiger partial charge in [-0.15, -0.1) is 0 Å². The average molecular weight is 229 g/mol. The molecule has 0 aliphatic rings. The van der Waals surface area contributed by atoms with Gasteiger partial charge in [0.1, 0.15) is 0 Å². The SMILES string of the molecule is CC(C)CCN.Cc1cccc2ccccc12. The highest BCUT2D eigenvalue weighted by Gasteiger charge is 1.92. The van der Waals surface area contributed by atoms with E-state index >= 15 is 0 Å². The number of benzene rings is 2. The van der Waals surface area contributed by atoms with Gasteiger partial charge < -0.3 is 5.73 Å². The zero-order chi connectivity index (χ0) is 12.7. The Hall–Kier alpha value is -1.34. The van der Waals surface area contributed by atoms with E-state index in [4.69, 9.17) is 5.73 Å². The molecule has 0 aliphatic carbocycles. The Bertz CT molecular complexity index is 441.